The number of allylic oxidation sites excluding steroid dienone is 1. The van der Waals surface area contributed by atoms with Crippen molar-refractivity contribution in [3.63, 3.8) is 0 Å². The van der Waals surface area contributed by atoms with E-state index in [1.54, 1.807) is 24.3 Å². The lowest BCUT2D eigenvalue weighted by Crippen LogP contribution is -2.30. The average Bonchev–Trinajstić information content (AvgIpc) is 2.70. The van der Waals surface area contributed by atoms with Crippen LogP contribution in [-0.4, -0.2) is 43.7 Å². The maximum Gasteiger partial charge on any atom is 0.393 e. The Morgan fingerprint density at radius 3 is 2.33 bits per heavy atom. The number of sulfonamides is 1. The predicted octanol–water partition coefficient (Wildman–Crippen LogP) is 5.20. The third kappa shape index (κ3) is 8.81. The van der Waals surface area contributed by atoms with E-state index < -0.39 is 40.4 Å². The Bertz CT molecular complexity index is 1170. The largest absolute Gasteiger partial charge is 0.480 e. The summed E-state index contributed by atoms with van der Waals surface area (Å²) in [5.74, 6) is -2.14. The third-order valence-electron chi connectivity index (χ3n) is 4.34. The normalized spacial score (nSPS) is 13.9. The highest BCUT2D eigenvalue weighted by molar-refractivity contribution is 7.90. The van der Waals surface area contributed by atoms with E-state index in [1.807, 2.05) is 0 Å². The Hall–Kier alpha value is -2.40. The SMILES string of the molecule is N[C@@H](C/C=N/S(=O)(=O)CC=C(CC(F)(F)F)c1ccc(-c2ccc(Cl)cc2Cl)cc1)C(=O)O. The van der Waals surface area contributed by atoms with Crippen molar-refractivity contribution in [1.29, 1.82) is 0 Å². The summed E-state index contributed by atoms with van der Waals surface area (Å²) in [4.78, 5) is 10.6. The lowest BCUT2D eigenvalue weighted by Gasteiger charge is -2.12. The summed E-state index contributed by atoms with van der Waals surface area (Å²) >= 11 is 12.0. The Kier molecular flexibility index (Phi) is 9.07. The fourth-order valence-corrected chi connectivity index (χ4v) is 4.04. The van der Waals surface area contributed by atoms with E-state index in [2.05, 4.69) is 4.40 Å². The molecule has 1 atom stereocenters. The van der Waals surface area contributed by atoms with Gasteiger partial charge in [-0.2, -0.15) is 17.6 Å². The summed E-state index contributed by atoms with van der Waals surface area (Å²) in [6, 6.07) is 9.49. The van der Waals surface area contributed by atoms with Gasteiger partial charge in [-0.1, -0.05) is 59.6 Å². The van der Waals surface area contributed by atoms with Gasteiger partial charge in [0, 0.05) is 28.2 Å². The van der Waals surface area contributed by atoms with Gasteiger partial charge in [0.05, 0.1) is 12.2 Å². The molecule has 6 nitrogen and oxygen atoms in total. The van der Waals surface area contributed by atoms with Crippen LogP contribution >= 0.6 is 23.2 Å². The number of hydrogen-bond acceptors (Lipinski definition) is 4. The molecule has 0 amide bonds. The molecule has 0 aromatic heterocycles. The zero-order chi connectivity index (χ0) is 24.8. The van der Waals surface area contributed by atoms with Crippen LogP contribution in [0.15, 0.2) is 52.9 Å². The lowest BCUT2D eigenvalue weighted by atomic mass is 9.98. The van der Waals surface area contributed by atoms with Crippen LogP contribution in [0.25, 0.3) is 16.7 Å². The standard InChI is InChI=1S/C21H19Cl2F3N2O4S/c22-16-5-6-17(18(23)11-16)14-3-1-13(2-4-14)15(12-21(24,25)26)8-10-33(31,32)28-9-7-19(27)20(29)30/h1-6,8-9,11,19H,7,10,12,27H2,(H,29,30)/b15-8?,28-9+/t19-/m0/s1. The smallest absolute Gasteiger partial charge is 0.393 e. The second-order valence-corrected chi connectivity index (χ2v) is 9.49. The van der Waals surface area contributed by atoms with Gasteiger partial charge in [0.15, 0.2) is 0 Å². The molecule has 0 aliphatic heterocycles. The van der Waals surface area contributed by atoms with E-state index in [0.717, 1.165) is 12.3 Å². The van der Waals surface area contributed by atoms with Crippen LogP contribution in [0.1, 0.15) is 18.4 Å². The van der Waals surface area contributed by atoms with E-state index >= 15 is 0 Å². The number of nitrogens with two attached hydrogens (primary N) is 1. The van der Waals surface area contributed by atoms with Gasteiger partial charge in [0.25, 0.3) is 10.0 Å². The molecule has 0 heterocycles. The average molecular weight is 523 g/mol. The van der Waals surface area contributed by atoms with Crippen LogP contribution in [0.5, 0.6) is 0 Å². The van der Waals surface area contributed by atoms with Crippen molar-refractivity contribution in [2.24, 2.45) is 10.1 Å². The van der Waals surface area contributed by atoms with Gasteiger partial charge in [-0.25, -0.2) is 8.42 Å². The number of hydrogen-bond donors (Lipinski definition) is 2. The van der Waals surface area contributed by atoms with Crippen LogP contribution in [0.2, 0.25) is 10.0 Å². The van der Waals surface area contributed by atoms with Gasteiger partial charge in [0.1, 0.15) is 6.04 Å². The zero-order valence-corrected chi connectivity index (χ0v) is 19.2. The molecule has 2 aromatic carbocycles. The van der Waals surface area contributed by atoms with Crippen LogP contribution in [0.4, 0.5) is 13.2 Å². The highest BCUT2D eigenvalue weighted by Crippen LogP contribution is 2.34. The first-order valence-electron chi connectivity index (χ1n) is 9.34. The van der Waals surface area contributed by atoms with Crippen LogP contribution < -0.4 is 5.73 Å². The minimum absolute atomic E-state index is 0.174. The first-order valence-corrected chi connectivity index (χ1v) is 11.7. The number of halogens is 5. The third-order valence-corrected chi connectivity index (χ3v) is 5.95. The molecule has 0 saturated heterocycles. The lowest BCUT2D eigenvalue weighted by molar-refractivity contribution is -0.138. The minimum Gasteiger partial charge on any atom is -0.480 e. The number of carboxylic acids is 1. The number of nitrogens with zero attached hydrogens (tertiary/aromatic N) is 1. The molecule has 0 aliphatic rings. The molecule has 0 aliphatic carbocycles. The molecule has 33 heavy (non-hydrogen) atoms. The summed E-state index contributed by atoms with van der Waals surface area (Å²) in [5, 5.41) is 9.48. The molecule has 0 bridgehead atoms. The summed E-state index contributed by atoms with van der Waals surface area (Å²) in [5.41, 5.74) is 6.44. The highest BCUT2D eigenvalue weighted by Gasteiger charge is 2.29. The molecule has 0 saturated carbocycles. The molecule has 2 rings (SSSR count). The van der Waals surface area contributed by atoms with Gasteiger partial charge in [0.2, 0.25) is 0 Å². The molecule has 0 fully saturated rings. The number of rotatable bonds is 9. The molecular formula is C21H19Cl2F3N2O4S. The van der Waals surface area contributed by atoms with Crippen molar-refractivity contribution in [3.8, 4) is 11.1 Å². The predicted molar refractivity (Wildman–Crippen MR) is 123 cm³/mol. The summed E-state index contributed by atoms with van der Waals surface area (Å²) in [7, 11) is -4.18. The van der Waals surface area contributed by atoms with Gasteiger partial charge in [-0.3, -0.25) is 4.79 Å². The Morgan fingerprint density at radius 1 is 1.15 bits per heavy atom. The van der Waals surface area contributed by atoms with E-state index in [1.165, 1.54) is 18.2 Å². The zero-order valence-electron chi connectivity index (χ0n) is 16.9. The molecule has 0 spiro atoms. The number of carboxylic acid groups (broad SMARTS) is 1. The summed E-state index contributed by atoms with van der Waals surface area (Å²) in [6.07, 6.45) is -4.53. The van der Waals surface area contributed by atoms with E-state index in [9.17, 15) is 26.4 Å². The Morgan fingerprint density at radius 2 is 1.79 bits per heavy atom. The quantitative estimate of drug-likeness (QED) is 0.440. The molecule has 178 valence electrons. The van der Waals surface area contributed by atoms with Gasteiger partial charge >= 0.3 is 12.1 Å². The van der Waals surface area contributed by atoms with E-state index in [4.69, 9.17) is 34.0 Å². The maximum absolute atomic E-state index is 13.1. The van der Waals surface area contributed by atoms with Crippen molar-refractivity contribution in [3.05, 3.63) is 64.1 Å². The maximum atomic E-state index is 13.1. The molecule has 0 radical (unpaired) electrons. The molecule has 0 unspecified atom stereocenters. The van der Waals surface area contributed by atoms with Crippen molar-refractivity contribution in [2.75, 3.05) is 5.75 Å². The van der Waals surface area contributed by atoms with E-state index in [-0.39, 0.29) is 17.6 Å². The van der Waals surface area contributed by atoms with Crippen molar-refractivity contribution in [1.82, 2.24) is 0 Å². The Labute approximate surface area is 198 Å². The van der Waals surface area contributed by atoms with Crippen molar-refractivity contribution in [2.45, 2.75) is 25.1 Å². The molecule has 2 aromatic rings. The fraction of sp³-hybridized carbons (Fsp3) is 0.238. The number of carbonyl (C=O) groups is 1. The van der Waals surface area contributed by atoms with Crippen LogP contribution in [0.3, 0.4) is 0 Å². The number of benzene rings is 2. The second kappa shape index (κ2) is 11.1. The van der Waals surface area contributed by atoms with Gasteiger partial charge in [-0.05, 0) is 28.8 Å². The topological polar surface area (TPSA) is 110 Å². The van der Waals surface area contributed by atoms with Crippen molar-refractivity contribution < 1.29 is 31.5 Å². The number of alkyl halides is 3. The minimum atomic E-state index is -4.58. The summed E-state index contributed by atoms with van der Waals surface area (Å²) < 4.78 is 66.6. The van der Waals surface area contributed by atoms with Crippen molar-refractivity contribution >= 4 is 51.0 Å². The summed E-state index contributed by atoms with van der Waals surface area (Å²) in [6.45, 7) is 0. The molecular weight excluding hydrogens is 504 g/mol. The van der Waals surface area contributed by atoms with Crippen LogP contribution in [-0.2, 0) is 14.8 Å². The Balaban J connectivity index is 2.27. The van der Waals surface area contributed by atoms with Gasteiger partial charge < -0.3 is 10.8 Å². The monoisotopic (exact) mass is 522 g/mol. The fourth-order valence-electron chi connectivity index (χ4n) is 2.72. The molecule has 12 heteroatoms. The molecule has 3 N–H and O–H groups in total. The second-order valence-electron chi connectivity index (χ2n) is 6.94. The van der Waals surface area contributed by atoms with Gasteiger partial charge in [-0.15, -0.1) is 0 Å². The van der Waals surface area contributed by atoms with E-state index in [0.29, 0.717) is 21.2 Å². The first-order chi connectivity index (χ1) is 15.3. The number of aliphatic carboxylic acids is 1. The highest BCUT2D eigenvalue weighted by atomic mass is 35.5. The van der Waals surface area contributed by atoms with Crippen LogP contribution in [0, 0.1) is 0 Å². The first kappa shape index (κ1) is 26.8.